The number of nitrogens with zero attached hydrogens (tertiary/aromatic N) is 2. The van der Waals surface area contributed by atoms with Crippen LogP contribution >= 0.6 is 47.6 Å². The number of hydrazine groups is 1. The Kier molecular flexibility index (Phi) is 4.03. The summed E-state index contributed by atoms with van der Waals surface area (Å²) in [5.74, 6) is 0. The average molecular weight is 409 g/mol. The molecule has 2 aromatic carbocycles. The molecule has 2 atom stereocenters. The third-order valence-corrected chi connectivity index (χ3v) is 5.63. The molecule has 0 bridgehead atoms. The second-order valence-electron chi connectivity index (χ2n) is 6.12. The first kappa shape index (κ1) is 16.8. The molecule has 2 unspecified atom stereocenters. The van der Waals surface area contributed by atoms with E-state index in [1.807, 2.05) is 58.5 Å². The van der Waals surface area contributed by atoms with Crippen molar-refractivity contribution >= 4 is 63.5 Å². The summed E-state index contributed by atoms with van der Waals surface area (Å²) in [4.78, 5) is 0. The van der Waals surface area contributed by atoms with Crippen LogP contribution in [0.1, 0.15) is 12.5 Å². The van der Waals surface area contributed by atoms with Crippen molar-refractivity contribution in [3.05, 3.63) is 64.1 Å². The molecule has 0 aliphatic carbocycles. The highest BCUT2D eigenvalue weighted by molar-refractivity contribution is 7.81. The third-order valence-electron chi connectivity index (χ3n) is 4.55. The lowest BCUT2D eigenvalue weighted by molar-refractivity contribution is 0.264. The molecule has 4 nitrogen and oxygen atoms in total. The Morgan fingerprint density at radius 1 is 0.920 bits per heavy atom. The van der Waals surface area contributed by atoms with Crippen LogP contribution in [0.3, 0.4) is 0 Å². The smallest absolute Gasteiger partial charge is 0.194 e. The predicted molar refractivity (Wildman–Crippen MR) is 110 cm³/mol. The summed E-state index contributed by atoms with van der Waals surface area (Å²) < 4.78 is 0. The summed E-state index contributed by atoms with van der Waals surface area (Å²) in [6.07, 6.45) is -0.149. The van der Waals surface area contributed by atoms with E-state index in [0.29, 0.717) is 20.3 Å². The fourth-order valence-electron chi connectivity index (χ4n) is 3.25. The van der Waals surface area contributed by atoms with Crippen LogP contribution < -0.4 is 15.6 Å². The van der Waals surface area contributed by atoms with Crippen LogP contribution in [0.5, 0.6) is 0 Å². The minimum atomic E-state index is -0.451. The number of fused-ring (bicyclic) bond motifs is 1. The summed E-state index contributed by atoms with van der Waals surface area (Å²) in [5, 5.41) is 13.2. The van der Waals surface area contributed by atoms with Crippen LogP contribution in [0, 0.1) is 0 Å². The lowest BCUT2D eigenvalue weighted by Crippen LogP contribution is -2.49. The Bertz CT molecular complexity index is 856. The Hall–Kier alpha value is -1.60. The lowest BCUT2D eigenvalue weighted by atomic mass is 9.90. The molecule has 0 spiro atoms. The van der Waals surface area contributed by atoms with Crippen molar-refractivity contribution in [1.82, 2.24) is 15.6 Å². The van der Waals surface area contributed by atoms with Gasteiger partial charge in [-0.15, -0.1) is 0 Å². The number of rotatable bonds is 2. The lowest BCUT2D eigenvalue weighted by Gasteiger charge is -2.31. The number of hydrogen-bond acceptors (Lipinski definition) is 2. The van der Waals surface area contributed by atoms with Gasteiger partial charge in [-0.3, -0.25) is 0 Å². The maximum atomic E-state index is 6.03. The fraction of sp³-hybridized carbons (Fsp3) is 0.176. The number of hydrogen-bond donors (Lipinski definition) is 2. The monoisotopic (exact) mass is 408 g/mol. The van der Waals surface area contributed by atoms with E-state index in [1.54, 1.807) is 0 Å². The molecule has 2 N–H and O–H groups in total. The number of halogens is 2. The van der Waals surface area contributed by atoms with E-state index >= 15 is 0 Å². The summed E-state index contributed by atoms with van der Waals surface area (Å²) >= 11 is 23.2. The van der Waals surface area contributed by atoms with Crippen LogP contribution in [0.4, 0.5) is 5.69 Å². The van der Waals surface area contributed by atoms with Gasteiger partial charge < -0.3 is 10.6 Å². The molecular formula is C17H14Cl2N4S2. The molecule has 2 heterocycles. The van der Waals surface area contributed by atoms with E-state index in [4.69, 9.17) is 47.6 Å². The van der Waals surface area contributed by atoms with Gasteiger partial charge in [-0.2, -0.15) is 0 Å². The van der Waals surface area contributed by atoms with Crippen molar-refractivity contribution in [3.63, 3.8) is 0 Å². The molecule has 25 heavy (non-hydrogen) atoms. The zero-order chi connectivity index (χ0) is 17.8. The Morgan fingerprint density at radius 2 is 1.48 bits per heavy atom. The van der Waals surface area contributed by atoms with Crippen LogP contribution in [-0.2, 0) is 5.54 Å². The SMILES string of the molecule is CC1(c2ccc(Cl)cc2)NC(=S)N2C1NC(=S)N2c1ccc(Cl)cc1. The van der Waals surface area contributed by atoms with Gasteiger partial charge in [0, 0.05) is 10.0 Å². The second kappa shape index (κ2) is 5.99. The molecule has 2 aliphatic heterocycles. The third kappa shape index (κ3) is 2.64. The molecule has 2 aliphatic rings. The quantitative estimate of drug-likeness (QED) is 0.729. The number of anilines is 1. The molecule has 128 valence electrons. The van der Waals surface area contributed by atoms with Gasteiger partial charge in [-0.25, -0.2) is 10.0 Å². The standard InChI is InChI=1S/C17H14Cl2N4S2/c1-17(10-2-4-11(18)5-3-10)14-20-15(24)22(23(14)16(25)21-17)13-8-6-12(19)7-9-13/h2-9,14H,1H3,(H,20,24)(H,21,25). The molecule has 0 amide bonds. The highest BCUT2D eigenvalue weighted by Gasteiger charge is 2.55. The van der Waals surface area contributed by atoms with E-state index in [0.717, 1.165) is 11.3 Å². The van der Waals surface area contributed by atoms with Crippen molar-refractivity contribution in [2.24, 2.45) is 0 Å². The fourth-order valence-corrected chi connectivity index (χ4v) is 4.20. The van der Waals surface area contributed by atoms with Crippen LogP contribution in [0.25, 0.3) is 0 Å². The van der Waals surface area contributed by atoms with Crippen molar-refractivity contribution in [2.75, 3.05) is 5.01 Å². The second-order valence-corrected chi connectivity index (χ2v) is 7.77. The van der Waals surface area contributed by atoms with Crippen molar-refractivity contribution in [3.8, 4) is 0 Å². The first-order valence-electron chi connectivity index (χ1n) is 7.64. The molecule has 0 saturated carbocycles. The molecule has 0 aromatic heterocycles. The molecule has 0 radical (unpaired) electrons. The normalized spacial score (nSPS) is 25.0. The van der Waals surface area contributed by atoms with E-state index in [1.165, 1.54) is 0 Å². The first-order chi connectivity index (χ1) is 11.9. The Balaban J connectivity index is 1.74. The minimum Gasteiger partial charge on any atom is -0.348 e. The zero-order valence-corrected chi connectivity index (χ0v) is 16.3. The topological polar surface area (TPSA) is 30.5 Å². The maximum absolute atomic E-state index is 6.03. The number of benzene rings is 2. The summed E-state index contributed by atoms with van der Waals surface area (Å²) in [6, 6.07) is 15.2. The van der Waals surface area contributed by atoms with Gasteiger partial charge >= 0.3 is 0 Å². The maximum Gasteiger partial charge on any atom is 0.194 e. The highest BCUT2D eigenvalue weighted by Crippen LogP contribution is 2.38. The summed E-state index contributed by atoms with van der Waals surface area (Å²) in [6.45, 7) is 2.09. The average Bonchev–Trinajstić information content (AvgIpc) is 3.05. The summed E-state index contributed by atoms with van der Waals surface area (Å²) in [7, 11) is 0. The molecule has 2 fully saturated rings. The van der Waals surface area contributed by atoms with Gasteiger partial charge in [0.2, 0.25) is 0 Å². The van der Waals surface area contributed by atoms with Crippen LogP contribution in [0.2, 0.25) is 10.0 Å². The van der Waals surface area contributed by atoms with E-state index in [2.05, 4.69) is 17.6 Å². The van der Waals surface area contributed by atoms with Crippen molar-refractivity contribution in [2.45, 2.75) is 18.6 Å². The molecule has 4 rings (SSSR count). The van der Waals surface area contributed by atoms with Crippen LogP contribution in [0.15, 0.2) is 48.5 Å². The van der Waals surface area contributed by atoms with E-state index < -0.39 is 5.54 Å². The largest absolute Gasteiger partial charge is 0.348 e. The number of thiocarbonyl (C=S) groups is 2. The van der Waals surface area contributed by atoms with E-state index in [9.17, 15) is 0 Å². The van der Waals surface area contributed by atoms with Gasteiger partial charge in [0.05, 0.1) is 5.69 Å². The number of nitrogens with one attached hydrogen (secondary N) is 2. The van der Waals surface area contributed by atoms with Gasteiger partial charge in [0.15, 0.2) is 16.4 Å². The molecule has 8 heteroatoms. The van der Waals surface area contributed by atoms with Gasteiger partial charge in [0.1, 0.15) is 5.54 Å². The summed E-state index contributed by atoms with van der Waals surface area (Å²) in [5.41, 5.74) is 1.52. The van der Waals surface area contributed by atoms with E-state index in [-0.39, 0.29) is 6.17 Å². The van der Waals surface area contributed by atoms with Gasteiger partial charge in [-0.05, 0) is 73.3 Å². The van der Waals surface area contributed by atoms with Crippen molar-refractivity contribution in [1.29, 1.82) is 0 Å². The molecule has 2 saturated heterocycles. The Morgan fingerprint density at radius 3 is 2.08 bits per heavy atom. The Labute approximate surface area is 166 Å². The molecular weight excluding hydrogens is 395 g/mol. The van der Waals surface area contributed by atoms with Crippen LogP contribution in [-0.4, -0.2) is 21.4 Å². The highest BCUT2D eigenvalue weighted by atomic mass is 35.5. The zero-order valence-electron chi connectivity index (χ0n) is 13.2. The predicted octanol–water partition coefficient (Wildman–Crippen LogP) is 4.03. The minimum absolute atomic E-state index is 0.149. The van der Waals surface area contributed by atoms with Crippen molar-refractivity contribution < 1.29 is 0 Å². The molecule has 2 aromatic rings. The van der Waals surface area contributed by atoms with Gasteiger partial charge in [-0.1, -0.05) is 35.3 Å². The van der Waals surface area contributed by atoms with Gasteiger partial charge in [0.25, 0.3) is 0 Å². The first-order valence-corrected chi connectivity index (χ1v) is 9.21.